The van der Waals surface area contributed by atoms with E-state index < -0.39 is 23.3 Å². The minimum atomic E-state index is -0.982. The van der Waals surface area contributed by atoms with E-state index in [-0.39, 0.29) is 41.9 Å². The van der Waals surface area contributed by atoms with Crippen molar-refractivity contribution in [2.75, 3.05) is 6.61 Å². The Bertz CT molecular complexity index is 1160. The molecule has 1 aliphatic carbocycles. The van der Waals surface area contributed by atoms with Crippen molar-refractivity contribution >= 4 is 0 Å². The number of ether oxygens (including phenoxy) is 2. The molecule has 4 rings (SSSR count). The molecule has 3 nitrogen and oxygen atoms in total. The van der Waals surface area contributed by atoms with Crippen LogP contribution < -0.4 is 4.74 Å². The summed E-state index contributed by atoms with van der Waals surface area (Å²) in [6.45, 7) is 1.97. The van der Waals surface area contributed by atoms with Crippen molar-refractivity contribution in [1.29, 1.82) is 0 Å². The molecule has 0 atom stereocenters. The van der Waals surface area contributed by atoms with Gasteiger partial charge in [-0.25, -0.2) is 17.6 Å². The summed E-state index contributed by atoms with van der Waals surface area (Å²) >= 11 is 0. The Kier molecular flexibility index (Phi) is 8.08. The Labute approximate surface area is 202 Å². The molecule has 0 bridgehead atoms. The van der Waals surface area contributed by atoms with Gasteiger partial charge in [0, 0.05) is 23.3 Å². The van der Waals surface area contributed by atoms with Crippen molar-refractivity contribution in [3.63, 3.8) is 0 Å². The molecule has 0 unspecified atom stereocenters. The molecule has 0 radical (unpaired) electrons. The molecule has 35 heavy (non-hydrogen) atoms. The van der Waals surface area contributed by atoms with Crippen molar-refractivity contribution in [2.24, 2.45) is 0 Å². The number of aliphatic hydroxyl groups excluding tert-OH is 1. The maximum Gasteiger partial charge on any atom is 0.166 e. The van der Waals surface area contributed by atoms with Crippen LogP contribution in [0.15, 0.2) is 48.5 Å². The van der Waals surface area contributed by atoms with Crippen LogP contribution >= 0.6 is 0 Å². The van der Waals surface area contributed by atoms with Crippen molar-refractivity contribution in [3.05, 3.63) is 88.5 Å². The predicted molar refractivity (Wildman–Crippen MR) is 125 cm³/mol. The van der Waals surface area contributed by atoms with Crippen LogP contribution in [0.2, 0.25) is 0 Å². The highest BCUT2D eigenvalue weighted by Crippen LogP contribution is 2.37. The van der Waals surface area contributed by atoms with E-state index in [1.165, 1.54) is 12.1 Å². The van der Waals surface area contributed by atoms with Gasteiger partial charge >= 0.3 is 0 Å². The maximum atomic E-state index is 14.9. The molecule has 1 saturated carbocycles. The number of benzene rings is 3. The summed E-state index contributed by atoms with van der Waals surface area (Å²) in [6.07, 6.45) is 2.06. The van der Waals surface area contributed by atoms with E-state index in [1.807, 2.05) is 0 Å². The van der Waals surface area contributed by atoms with Gasteiger partial charge in [-0.2, -0.15) is 0 Å². The van der Waals surface area contributed by atoms with Crippen LogP contribution in [0.25, 0.3) is 11.1 Å². The Balaban J connectivity index is 1.44. The second kappa shape index (κ2) is 11.2. The number of aliphatic hydroxyl groups is 1. The third-order valence-electron chi connectivity index (χ3n) is 6.51. The highest BCUT2D eigenvalue weighted by molar-refractivity contribution is 5.65. The van der Waals surface area contributed by atoms with Gasteiger partial charge in [0.05, 0.1) is 12.7 Å². The van der Waals surface area contributed by atoms with Gasteiger partial charge < -0.3 is 14.6 Å². The molecular weight excluding hydrogens is 460 g/mol. The summed E-state index contributed by atoms with van der Waals surface area (Å²) in [5, 5.41) is 9.66. The normalized spacial score (nSPS) is 18.0. The summed E-state index contributed by atoms with van der Waals surface area (Å²) in [6, 6.07) is 12.4. The Morgan fingerprint density at radius 1 is 0.743 bits per heavy atom. The predicted octanol–water partition coefficient (Wildman–Crippen LogP) is 7.04. The fourth-order valence-corrected chi connectivity index (χ4v) is 4.45. The second-order valence-corrected chi connectivity index (χ2v) is 8.80. The lowest BCUT2D eigenvalue weighted by atomic mass is 9.82. The average Bonchev–Trinajstić information content (AvgIpc) is 2.87. The summed E-state index contributed by atoms with van der Waals surface area (Å²) in [4.78, 5) is 0. The average molecular weight is 489 g/mol. The van der Waals surface area contributed by atoms with Crippen LogP contribution in [0.5, 0.6) is 5.75 Å². The van der Waals surface area contributed by atoms with Crippen LogP contribution in [0, 0.1) is 23.3 Å². The van der Waals surface area contributed by atoms with Crippen molar-refractivity contribution in [3.8, 4) is 16.9 Å². The van der Waals surface area contributed by atoms with Crippen molar-refractivity contribution in [2.45, 2.75) is 57.8 Å². The van der Waals surface area contributed by atoms with Crippen LogP contribution in [-0.4, -0.2) is 17.8 Å². The zero-order valence-corrected chi connectivity index (χ0v) is 19.5. The van der Waals surface area contributed by atoms with Gasteiger partial charge in [0.25, 0.3) is 0 Å². The van der Waals surface area contributed by atoms with Crippen molar-refractivity contribution < 1.29 is 32.1 Å². The third-order valence-corrected chi connectivity index (χ3v) is 6.51. The molecular formula is C28H28F4O3. The lowest BCUT2D eigenvalue weighted by molar-refractivity contribution is 0.122. The SMILES string of the molecule is CCOCc1ccc(COc2ccc(-c3ccc(C4CCC(O)CC4)c(F)c3F)cc2)c(F)c1F. The zero-order valence-electron chi connectivity index (χ0n) is 19.5. The number of halogens is 4. The Morgan fingerprint density at radius 2 is 1.37 bits per heavy atom. The number of hydrogen-bond donors (Lipinski definition) is 1. The third kappa shape index (κ3) is 5.68. The molecule has 7 heteroatoms. The molecule has 3 aromatic rings. The maximum absolute atomic E-state index is 14.9. The van der Waals surface area contributed by atoms with Gasteiger partial charge in [-0.3, -0.25) is 0 Å². The Hall–Kier alpha value is -2.90. The molecule has 0 saturated heterocycles. The van der Waals surface area contributed by atoms with Crippen LogP contribution in [0.4, 0.5) is 17.6 Å². The van der Waals surface area contributed by atoms with E-state index in [0.29, 0.717) is 49.2 Å². The fraction of sp³-hybridized carbons (Fsp3) is 0.357. The molecule has 0 heterocycles. The van der Waals surface area contributed by atoms with E-state index in [0.717, 1.165) is 0 Å². The number of hydrogen-bond acceptors (Lipinski definition) is 3. The molecule has 0 amide bonds. The summed E-state index contributed by atoms with van der Waals surface area (Å²) in [5.41, 5.74) is 1.15. The standard InChI is InChI=1S/C28H28F4O3/c1-2-34-15-19-3-4-20(26(30)25(19)29)16-35-22-11-7-18(8-12-22)24-14-13-23(27(31)28(24)32)17-5-9-21(33)10-6-17/h3-4,7-8,11-14,17,21,33H,2,5-6,9-10,15-16H2,1H3. The molecule has 1 N–H and O–H groups in total. The van der Waals surface area contributed by atoms with Gasteiger partial charge in [-0.1, -0.05) is 36.4 Å². The minimum Gasteiger partial charge on any atom is -0.489 e. The molecule has 0 spiro atoms. The summed E-state index contributed by atoms with van der Waals surface area (Å²) in [7, 11) is 0. The lowest BCUT2D eigenvalue weighted by Gasteiger charge is -2.26. The van der Waals surface area contributed by atoms with Gasteiger partial charge in [-0.05, 0) is 61.8 Å². The molecule has 0 aromatic heterocycles. The van der Waals surface area contributed by atoms with Gasteiger partial charge in [0.15, 0.2) is 23.3 Å². The van der Waals surface area contributed by atoms with Gasteiger partial charge in [0.2, 0.25) is 0 Å². The van der Waals surface area contributed by atoms with E-state index in [1.54, 1.807) is 43.3 Å². The van der Waals surface area contributed by atoms with Crippen LogP contribution in [0.3, 0.4) is 0 Å². The highest BCUT2D eigenvalue weighted by atomic mass is 19.2. The molecule has 0 aliphatic heterocycles. The first-order valence-electron chi connectivity index (χ1n) is 11.8. The van der Waals surface area contributed by atoms with E-state index in [4.69, 9.17) is 9.47 Å². The van der Waals surface area contributed by atoms with E-state index in [2.05, 4.69) is 0 Å². The first-order valence-corrected chi connectivity index (χ1v) is 11.8. The first kappa shape index (κ1) is 25.2. The molecule has 3 aromatic carbocycles. The van der Waals surface area contributed by atoms with E-state index in [9.17, 15) is 22.7 Å². The fourth-order valence-electron chi connectivity index (χ4n) is 4.45. The monoisotopic (exact) mass is 488 g/mol. The molecule has 1 fully saturated rings. The minimum absolute atomic E-state index is 0.0102. The van der Waals surface area contributed by atoms with Crippen molar-refractivity contribution in [1.82, 2.24) is 0 Å². The molecule has 186 valence electrons. The van der Waals surface area contributed by atoms with Gasteiger partial charge in [-0.15, -0.1) is 0 Å². The van der Waals surface area contributed by atoms with Gasteiger partial charge in [0.1, 0.15) is 12.4 Å². The highest BCUT2D eigenvalue weighted by Gasteiger charge is 2.25. The molecule has 1 aliphatic rings. The smallest absolute Gasteiger partial charge is 0.166 e. The zero-order chi connectivity index (χ0) is 24.9. The summed E-state index contributed by atoms with van der Waals surface area (Å²) < 4.78 is 69.0. The van der Waals surface area contributed by atoms with E-state index >= 15 is 0 Å². The Morgan fingerprint density at radius 3 is 2.00 bits per heavy atom. The van der Waals surface area contributed by atoms with Crippen LogP contribution in [0.1, 0.15) is 55.2 Å². The quantitative estimate of drug-likeness (QED) is 0.346. The van der Waals surface area contributed by atoms with Crippen LogP contribution in [-0.2, 0) is 18.0 Å². The first-order chi connectivity index (χ1) is 16.9. The lowest BCUT2D eigenvalue weighted by Crippen LogP contribution is -2.18. The number of rotatable bonds is 8. The second-order valence-electron chi connectivity index (χ2n) is 8.80. The largest absolute Gasteiger partial charge is 0.489 e. The topological polar surface area (TPSA) is 38.7 Å². The summed E-state index contributed by atoms with van der Waals surface area (Å²) in [5.74, 6) is -3.42.